The van der Waals surface area contributed by atoms with Crippen LogP contribution in [0.3, 0.4) is 0 Å². The van der Waals surface area contributed by atoms with Crippen molar-refractivity contribution >= 4 is 24.2 Å². The third-order valence-corrected chi connectivity index (χ3v) is 9.03. The molecule has 1 rings (SSSR count). The summed E-state index contributed by atoms with van der Waals surface area (Å²) in [5.74, 6) is 0. The molecular weight excluding hydrogens is 284 g/mol. The summed E-state index contributed by atoms with van der Waals surface area (Å²) in [4.78, 5) is 0. The van der Waals surface area contributed by atoms with Gasteiger partial charge in [-0.3, -0.25) is 0 Å². The molecule has 0 fully saturated rings. The number of hydrogen-bond acceptors (Lipinski definition) is 2. The molecule has 0 aromatic heterocycles. The van der Waals surface area contributed by atoms with Gasteiger partial charge in [0.15, 0.2) is 8.32 Å². The summed E-state index contributed by atoms with van der Waals surface area (Å²) in [5.41, 5.74) is 0. The van der Waals surface area contributed by atoms with Gasteiger partial charge in [-0.1, -0.05) is 42.8 Å². The number of hydrogen-bond donors (Lipinski definition) is 1. The predicted octanol–water partition coefficient (Wildman–Crippen LogP) is 3.81. The van der Waals surface area contributed by atoms with Crippen LogP contribution in [0.2, 0.25) is 18.1 Å². The van der Waals surface area contributed by atoms with Crippen LogP contribution >= 0.6 is 15.9 Å². The van der Waals surface area contributed by atoms with E-state index in [0.29, 0.717) is 6.42 Å². The fraction of sp³-hybridized carbons (Fsp3) is 0.833. The van der Waals surface area contributed by atoms with Gasteiger partial charge in [-0.15, -0.1) is 0 Å². The lowest BCUT2D eigenvalue weighted by Gasteiger charge is -2.40. The fourth-order valence-corrected chi connectivity index (χ4v) is 3.28. The lowest BCUT2D eigenvalue weighted by molar-refractivity contribution is 0.102. The van der Waals surface area contributed by atoms with E-state index in [2.05, 4.69) is 49.8 Å². The molecule has 0 bridgehead atoms. The molecule has 0 aromatic carbocycles. The molecule has 0 saturated carbocycles. The molecule has 94 valence electrons. The maximum atomic E-state index is 9.77. The summed E-state index contributed by atoms with van der Waals surface area (Å²) in [6, 6.07) is 0. The first-order valence-corrected chi connectivity index (χ1v) is 9.55. The van der Waals surface area contributed by atoms with Crippen LogP contribution in [0.1, 0.15) is 33.6 Å². The quantitative estimate of drug-likeness (QED) is 0.786. The first kappa shape index (κ1) is 14.4. The number of aliphatic hydroxyl groups excluding tert-OH is 1. The van der Waals surface area contributed by atoms with Crippen LogP contribution in [0, 0.1) is 0 Å². The average molecular weight is 307 g/mol. The van der Waals surface area contributed by atoms with Gasteiger partial charge in [0.25, 0.3) is 0 Å². The van der Waals surface area contributed by atoms with Crippen LogP contribution in [-0.2, 0) is 4.43 Å². The third kappa shape index (κ3) is 3.42. The predicted molar refractivity (Wildman–Crippen MR) is 74.3 cm³/mol. The van der Waals surface area contributed by atoms with Gasteiger partial charge in [0.05, 0.1) is 12.2 Å². The zero-order valence-corrected chi connectivity index (χ0v) is 13.5. The second-order valence-corrected chi connectivity index (χ2v) is 11.7. The van der Waals surface area contributed by atoms with Crippen LogP contribution in [-0.4, -0.2) is 25.6 Å². The second-order valence-electron chi connectivity index (χ2n) is 6.08. The van der Waals surface area contributed by atoms with Gasteiger partial charge in [0, 0.05) is 10.9 Å². The van der Waals surface area contributed by atoms with Crippen molar-refractivity contribution in [3.8, 4) is 0 Å². The first-order valence-electron chi connectivity index (χ1n) is 5.85. The summed E-state index contributed by atoms with van der Waals surface area (Å²) in [7, 11) is -1.70. The summed E-state index contributed by atoms with van der Waals surface area (Å²) in [5, 5.41) is 10.0. The molecule has 0 saturated heterocycles. The van der Waals surface area contributed by atoms with Crippen molar-refractivity contribution in [3.63, 3.8) is 0 Å². The fourth-order valence-electron chi connectivity index (χ4n) is 1.53. The van der Waals surface area contributed by atoms with Crippen molar-refractivity contribution in [2.45, 2.75) is 64.0 Å². The van der Waals surface area contributed by atoms with E-state index in [4.69, 9.17) is 4.43 Å². The normalized spacial score (nSPS) is 27.8. The zero-order chi connectivity index (χ0) is 12.6. The first-order chi connectivity index (χ1) is 7.13. The molecule has 4 heteroatoms. The minimum absolute atomic E-state index is 0.178. The van der Waals surface area contributed by atoms with Crippen LogP contribution in [0.5, 0.6) is 0 Å². The lowest BCUT2D eigenvalue weighted by Crippen LogP contribution is -2.45. The maximum Gasteiger partial charge on any atom is 0.192 e. The smallest absolute Gasteiger partial charge is 0.192 e. The van der Waals surface area contributed by atoms with Crippen LogP contribution in [0.4, 0.5) is 0 Å². The van der Waals surface area contributed by atoms with E-state index in [1.807, 2.05) is 6.08 Å². The molecule has 1 N–H and O–H groups in total. The lowest BCUT2D eigenvalue weighted by atomic mass is 10.0. The molecule has 2 unspecified atom stereocenters. The van der Waals surface area contributed by atoms with Gasteiger partial charge < -0.3 is 9.53 Å². The van der Waals surface area contributed by atoms with E-state index < -0.39 is 8.32 Å². The summed E-state index contributed by atoms with van der Waals surface area (Å²) in [6.07, 6.45) is 3.44. The number of halogens is 1. The highest BCUT2D eigenvalue weighted by molar-refractivity contribution is 9.11. The molecule has 0 amide bonds. The highest BCUT2D eigenvalue weighted by atomic mass is 79.9. The molecule has 16 heavy (non-hydrogen) atoms. The topological polar surface area (TPSA) is 29.5 Å². The molecular formula is C12H23BrO2Si. The Kier molecular flexibility index (Phi) is 4.44. The van der Waals surface area contributed by atoms with Crippen molar-refractivity contribution in [2.75, 3.05) is 0 Å². The third-order valence-electron chi connectivity index (χ3n) is 3.65. The number of aliphatic hydroxyl groups is 1. The van der Waals surface area contributed by atoms with Crippen molar-refractivity contribution < 1.29 is 9.53 Å². The van der Waals surface area contributed by atoms with Gasteiger partial charge in [-0.05, 0) is 24.6 Å². The summed E-state index contributed by atoms with van der Waals surface area (Å²) >= 11 is 3.37. The van der Waals surface area contributed by atoms with Crippen LogP contribution in [0.15, 0.2) is 10.6 Å². The Morgan fingerprint density at radius 1 is 1.44 bits per heavy atom. The summed E-state index contributed by atoms with van der Waals surface area (Å²) in [6.45, 7) is 11.2. The van der Waals surface area contributed by atoms with Gasteiger partial charge in [0.2, 0.25) is 0 Å². The molecule has 1 aliphatic rings. The minimum atomic E-state index is -1.70. The van der Waals surface area contributed by atoms with Gasteiger partial charge in [0.1, 0.15) is 0 Å². The van der Waals surface area contributed by atoms with E-state index in [0.717, 1.165) is 10.9 Å². The molecule has 0 radical (unpaired) electrons. The SMILES string of the molecule is CC(C)(C)[Si](C)(C)OC1CC=C(Br)C(O)C1. The molecule has 1 aliphatic carbocycles. The van der Waals surface area contributed by atoms with Gasteiger partial charge in [-0.25, -0.2) is 0 Å². The minimum Gasteiger partial charge on any atom is -0.414 e. The Balaban J connectivity index is 2.63. The molecule has 2 atom stereocenters. The monoisotopic (exact) mass is 306 g/mol. The van der Waals surface area contributed by atoms with Crippen molar-refractivity contribution in [2.24, 2.45) is 0 Å². The Morgan fingerprint density at radius 3 is 2.44 bits per heavy atom. The Hall–Kier alpha value is 0.357. The Labute approximate surface area is 108 Å². The van der Waals surface area contributed by atoms with Crippen LogP contribution < -0.4 is 0 Å². The maximum absolute atomic E-state index is 9.77. The van der Waals surface area contributed by atoms with E-state index in [9.17, 15) is 5.11 Å². The van der Waals surface area contributed by atoms with E-state index >= 15 is 0 Å². The van der Waals surface area contributed by atoms with Crippen molar-refractivity contribution in [3.05, 3.63) is 10.6 Å². The summed E-state index contributed by atoms with van der Waals surface area (Å²) < 4.78 is 7.18. The largest absolute Gasteiger partial charge is 0.414 e. The molecule has 0 spiro atoms. The molecule has 0 aromatic rings. The Bertz CT molecular complexity index is 281. The van der Waals surface area contributed by atoms with Crippen molar-refractivity contribution in [1.29, 1.82) is 0 Å². The van der Waals surface area contributed by atoms with Crippen molar-refractivity contribution in [1.82, 2.24) is 0 Å². The molecule has 2 nitrogen and oxygen atoms in total. The molecule has 0 aliphatic heterocycles. The van der Waals surface area contributed by atoms with E-state index in [1.54, 1.807) is 0 Å². The highest BCUT2D eigenvalue weighted by Crippen LogP contribution is 2.39. The number of rotatable bonds is 2. The van der Waals surface area contributed by atoms with Gasteiger partial charge in [-0.2, -0.15) is 0 Å². The zero-order valence-electron chi connectivity index (χ0n) is 10.9. The standard InChI is InChI=1S/C12H23BrO2Si/c1-12(2,3)16(4,5)15-9-6-7-10(13)11(14)8-9/h7,9,11,14H,6,8H2,1-5H3. The van der Waals surface area contributed by atoms with E-state index in [-0.39, 0.29) is 17.2 Å². The van der Waals surface area contributed by atoms with Gasteiger partial charge >= 0.3 is 0 Å². The second kappa shape index (κ2) is 4.92. The van der Waals surface area contributed by atoms with E-state index in [1.165, 1.54) is 0 Å². The average Bonchev–Trinajstić information content (AvgIpc) is 2.09. The molecule has 0 heterocycles. The Morgan fingerprint density at radius 2 is 2.00 bits per heavy atom. The highest BCUT2D eigenvalue weighted by Gasteiger charge is 2.39. The van der Waals surface area contributed by atoms with Crippen LogP contribution in [0.25, 0.3) is 0 Å².